The first kappa shape index (κ1) is 17.1. The third-order valence-electron chi connectivity index (χ3n) is 2.87. The first-order chi connectivity index (χ1) is 10.9. The Morgan fingerprint density at radius 2 is 1.74 bits per heavy atom. The number of hydrogen-bond acceptors (Lipinski definition) is 4. The summed E-state index contributed by atoms with van der Waals surface area (Å²) in [6.45, 7) is -1.13. The molecule has 0 saturated heterocycles. The molecule has 0 heterocycles. The molecule has 122 valence electrons. The number of ether oxygens (including phenoxy) is 1. The van der Waals surface area contributed by atoms with Gasteiger partial charge in [0.2, 0.25) is 5.91 Å². The standard InChI is InChI=1S/C16H15F2NO3S/c1-10(23-14-8-4-12(20)5-9-14)15(21)19-11-2-6-13(7-3-11)22-16(17)18/h2-10,16,20H,1H3,(H,19,21). The molecule has 0 aliphatic carbocycles. The van der Waals surface area contributed by atoms with Crippen LogP contribution >= 0.6 is 11.8 Å². The fourth-order valence-corrected chi connectivity index (χ4v) is 2.61. The molecule has 0 aromatic heterocycles. The second kappa shape index (κ2) is 7.82. The number of phenolic OH excluding ortho intramolecular Hbond substituents is 1. The van der Waals surface area contributed by atoms with Crippen LogP contribution in [0, 0.1) is 0 Å². The summed E-state index contributed by atoms with van der Waals surface area (Å²) in [5.41, 5.74) is 0.495. The minimum atomic E-state index is -2.88. The largest absolute Gasteiger partial charge is 0.508 e. The van der Waals surface area contributed by atoms with Gasteiger partial charge >= 0.3 is 6.61 Å². The van der Waals surface area contributed by atoms with Crippen molar-refractivity contribution in [3.05, 3.63) is 48.5 Å². The van der Waals surface area contributed by atoms with E-state index in [-0.39, 0.29) is 22.7 Å². The van der Waals surface area contributed by atoms with Crippen LogP contribution in [0.2, 0.25) is 0 Å². The van der Waals surface area contributed by atoms with Gasteiger partial charge in [0.05, 0.1) is 5.25 Å². The molecule has 23 heavy (non-hydrogen) atoms. The number of carbonyl (C=O) groups excluding carboxylic acids is 1. The molecule has 2 N–H and O–H groups in total. The topological polar surface area (TPSA) is 58.6 Å². The molecule has 2 aromatic carbocycles. The number of halogens is 2. The number of phenols is 1. The number of amides is 1. The Kier molecular flexibility index (Phi) is 5.81. The lowest BCUT2D eigenvalue weighted by molar-refractivity contribution is -0.115. The number of benzene rings is 2. The van der Waals surface area contributed by atoms with E-state index in [4.69, 9.17) is 0 Å². The second-order valence-electron chi connectivity index (χ2n) is 4.65. The summed E-state index contributed by atoms with van der Waals surface area (Å²) in [7, 11) is 0. The van der Waals surface area contributed by atoms with Gasteiger partial charge in [0.15, 0.2) is 0 Å². The van der Waals surface area contributed by atoms with Crippen LogP contribution in [0.5, 0.6) is 11.5 Å². The molecule has 0 radical (unpaired) electrons. The first-order valence-electron chi connectivity index (χ1n) is 6.75. The average molecular weight is 339 g/mol. The van der Waals surface area contributed by atoms with Gasteiger partial charge in [-0.1, -0.05) is 0 Å². The smallest absolute Gasteiger partial charge is 0.387 e. The maximum Gasteiger partial charge on any atom is 0.387 e. The van der Waals surface area contributed by atoms with Crippen molar-refractivity contribution in [3.63, 3.8) is 0 Å². The Balaban J connectivity index is 1.91. The summed E-state index contributed by atoms with van der Waals surface area (Å²) in [6.07, 6.45) is 0. The fourth-order valence-electron chi connectivity index (χ4n) is 1.75. The highest BCUT2D eigenvalue weighted by Crippen LogP contribution is 2.26. The Morgan fingerprint density at radius 1 is 1.13 bits per heavy atom. The van der Waals surface area contributed by atoms with Gasteiger partial charge in [-0.15, -0.1) is 11.8 Å². The molecule has 0 bridgehead atoms. The van der Waals surface area contributed by atoms with Crippen molar-refractivity contribution in [1.29, 1.82) is 0 Å². The maximum atomic E-state index is 12.1. The summed E-state index contributed by atoms with van der Waals surface area (Å²) in [6, 6.07) is 12.3. The highest BCUT2D eigenvalue weighted by Gasteiger charge is 2.15. The van der Waals surface area contributed by atoms with Gasteiger partial charge in [-0.25, -0.2) is 0 Å². The predicted molar refractivity (Wildman–Crippen MR) is 85.1 cm³/mol. The number of hydrogen-bond donors (Lipinski definition) is 2. The highest BCUT2D eigenvalue weighted by atomic mass is 32.2. The Hall–Kier alpha value is -2.28. The van der Waals surface area contributed by atoms with Gasteiger partial charge < -0.3 is 15.2 Å². The Labute approximate surface area is 136 Å². The van der Waals surface area contributed by atoms with Crippen molar-refractivity contribution < 1.29 is 23.4 Å². The number of nitrogens with one attached hydrogen (secondary N) is 1. The van der Waals surface area contributed by atoms with E-state index >= 15 is 0 Å². The van der Waals surface area contributed by atoms with Gasteiger partial charge in [0.1, 0.15) is 11.5 Å². The van der Waals surface area contributed by atoms with E-state index in [0.717, 1.165) is 4.90 Å². The fraction of sp³-hybridized carbons (Fsp3) is 0.188. The van der Waals surface area contributed by atoms with Crippen molar-refractivity contribution in [2.75, 3.05) is 5.32 Å². The van der Waals surface area contributed by atoms with Crippen molar-refractivity contribution in [3.8, 4) is 11.5 Å². The normalized spacial score (nSPS) is 12.0. The SMILES string of the molecule is CC(Sc1ccc(O)cc1)C(=O)Nc1ccc(OC(F)F)cc1. The quantitative estimate of drug-likeness (QED) is 0.778. The van der Waals surface area contributed by atoms with Crippen molar-refractivity contribution in [2.24, 2.45) is 0 Å². The minimum Gasteiger partial charge on any atom is -0.508 e. The van der Waals surface area contributed by atoms with E-state index in [1.807, 2.05) is 0 Å². The van der Waals surface area contributed by atoms with E-state index < -0.39 is 6.61 Å². The monoisotopic (exact) mass is 339 g/mol. The lowest BCUT2D eigenvalue weighted by Crippen LogP contribution is -2.22. The number of alkyl halides is 2. The molecule has 1 unspecified atom stereocenters. The zero-order valence-corrected chi connectivity index (χ0v) is 13.0. The van der Waals surface area contributed by atoms with Crippen molar-refractivity contribution in [2.45, 2.75) is 23.7 Å². The number of rotatable bonds is 6. The van der Waals surface area contributed by atoms with Gasteiger partial charge in [0, 0.05) is 10.6 Å². The summed E-state index contributed by atoms with van der Waals surface area (Å²) >= 11 is 1.34. The molecular weight excluding hydrogens is 324 g/mol. The average Bonchev–Trinajstić information content (AvgIpc) is 2.51. The van der Waals surface area contributed by atoms with Gasteiger partial charge in [-0.3, -0.25) is 4.79 Å². The van der Waals surface area contributed by atoms with Crippen LogP contribution in [-0.2, 0) is 4.79 Å². The molecule has 1 amide bonds. The van der Waals surface area contributed by atoms with Gasteiger partial charge in [-0.05, 0) is 55.5 Å². The van der Waals surface area contributed by atoms with E-state index in [1.54, 1.807) is 31.2 Å². The van der Waals surface area contributed by atoms with E-state index in [0.29, 0.717) is 5.69 Å². The van der Waals surface area contributed by atoms with E-state index in [1.165, 1.54) is 36.0 Å². The van der Waals surface area contributed by atoms with Crippen LogP contribution in [0.25, 0.3) is 0 Å². The maximum absolute atomic E-state index is 12.1. The zero-order chi connectivity index (χ0) is 16.8. The van der Waals surface area contributed by atoms with Gasteiger partial charge in [0.25, 0.3) is 0 Å². The third-order valence-corrected chi connectivity index (χ3v) is 3.98. The molecule has 0 spiro atoms. The van der Waals surface area contributed by atoms with Crippen LogP contribution in [-0.4, -0.2) is 22.9 Å². The molecule has 0 aliphatic heterocycles. The molecular formula is C16H15F2NO3S. The minimum absolute atomic E-state index is 0.0320. The first-order valence-corrected chi connectivity index (χ1v) is 7.63. The van der Waals surface area contributed by atoms with E-state index in [2.05, 4.69) is 10.1 Å². The highest BCUT2D eigenvalue weighted by molar-refractivity contribution is 8.00. The van der Waals surface area contributed by atoms with Gasteiger partial charge in [-0.2, -0.15) is 8.78 Å². The molecule has 0 fully saturated rings. The predicted octanol–water partition coefficient (Wildman–Crippen LogP) is 4.11. The molecule has 2 rings (SSSR count). The van der Waals surface area contributed by atoms with Crippen LogP contribution in [0.3, 0.4) is 0 Å². The summed E-state index contributed by atoms with van der Waals surface area (Å²) in [5.74, 6) is -0.0207. The van der Waals surface area contributed by atoms with Crippen LogP contribution < -0.4 is 10.1 Å². The molecule has 0 aliphatic rings. The number of thioether (sulfide) groups is 1. The van der Waals surface area contributed by atoms with Crippen molar-refractivity contribution in [1.82, 2.24) is 0 Å². The zero-order valence-electron chi connectivity index (χ0n) is 12.2. The second-order valence-corrected chi connectivity index (χ2v) is 6.06. The number of carbonyl (C=O) groups is 1. The number of anilines is 1. The molecule has 7 heteroatoms. The lowest BCUT2D eigenvalue weighted by atomic mass is 10.3. The summed E-state index contributed by atoms with van der Waals surface area (Å²) in [4.78, 5) is 13.0. The molecule has 4 nitrogen and oxygen atoms in total. The molecule has 2 aromatic rings. The summed E-state index contributed by atoms with van der Waals surface area (Å²) in [5, 5.41) is 11.6. The van der Waals surface area contributed by atoms with Crippen LogP contribution in [0.4, 0.5) is 14.5 Å². The molecule has 0 saturated carbocycles. The van der Waals surface area contributed by atoms with Crippen LogP contribution in [0.15, 0.2) is 53.4 Å². The Morgan fingerprint density at radius 3 is 2.30 bits per heavy atom. The lowest BCUT2D eigenvalue weighted by Gasteiger charge is -2.12. The third kappa shape index (κ3) is 5.45. The van der Waals surface area contributed by atoms with E-state index in [9.17, 15) is 18.7 Å². The Bertz CT molecular complexity index is 647. The molecule has 1 atom stereocenters. The number of aromatic hydroxyl groups is 1. The van der Waals surface area contributed by atoms with Crippen molar-refractivity contribution >= 4 is 23.4 Å². The summed E-state index contributed by atoms with van der Waals surface area (Å²) < 4.78 is 28.4. The van der Waals surface area contributed by atoms with Crippen LogP contribution in [0.1, 0.15) is 6.92 Å².